The first-order valence-electron chi connectivity index (χ1n) is 7.24. The number of carbonyl (C=O) groups excluding carboxylic acids is 1. The highest BCUT2D eigenvalue weighted by molar-refractivity contribution is 7.91. The number of carbonyl (C=O) groups is 1. The number of nitrogens with one attached hydrogen (secondary N) is 2. The van der Waals surface area contributed by atoms with E-state index in [9.17, 15) is 13.2 Å². The smallest absolute Gasteiger partial charge is 0.221 e. The third-order valence-electron chi connectivity index (χ3n) is 3.69. The van der Waals surface area contributed by atoms with Crippen LogP contribution in [0, 0.1) is 0 Å². The molecule has 1 aromatic rings. The first kappa shape index (κ1) is 16.0. The standard InChI is InChI=1S/C15H22N2O3S/c1-12(13-5-3-2-4-6-13)17-15(18)7-9-16-14-8-10-21(19,20)11-14/h2-6,12,14,16H,7-11H2,1H3,(H,17,18). The Labute approximate surface area is 126 Å². The third kappa shape index (κ3) is 5.13. The van der Waals surface area contributed by atoms with Gasteiger partial charge in [-0.05, 0) is 18.9 Å². The minimum absolute atomic E-state index is 0.00523. The summed E-state index contributed by atoms with van der Waals surface area (Å²) in [4.78, 5) is 11.9. The molecule has 0 saturated carbocycles. The Hall–Kier alpha value is -1.40. The second-order valence-corrected chi connectivity index (χ2v) is 7.73. The molecule has 5 nitrogen and oxygen atoms in total. The Balaban J connectivity index is 1.68. The van der Waals surface area contributed by atoms with E-state index in [2.05, 4.69) is 10.6 Å². The summed E-state index contributed by atoms with van der Waals surface area (Å²) in [6, 6.07) is 9.76. The van der Waals surface area contributed by atoms with Gasteiger partial charge >= 0.3 is 0 Å². The molecule has 1 amide bonds. The molecule has 2 rings (SSSR count). The van der Waals surface area contributed by atoms with Crippen molar-refractivity contribution in [3.8, 4) is 0 Å². The fourth-order valence-corrected chi connectivity index (χ4v) is 4.19. The van der Waals surface area contributed by atoms with Gasteiger partial charge in [0, 0.05) is 19.0 Å². The predicted molar refractivity (Wildman–Crippen MR) is 82.7 cm³/mol. The predicted octanol–water partition coefficient (Wildman–Crippen LogP) is 1.03. The molecule has 0 aliphatic carbocycles. The van der Waals surface area contributed by atoms with Crippen LogP contribution in [0.2, 0.25) is 0 Å². The average molecular weight is 310 g/mol. The van der Waals surface area contributed by atoms with Crippen molar-refractivity contribution in [2.45, 2.75) is 31.8 Å². The Kier molecular flexibility index (Phi) is 5.36. The molecule has 1 heterocycles. The van der Waals surface area contributed by atoms with E-state index in [0.29, 0.717) is 19.4 Å². The lowest BCUT2D eigenvalue weighted by Crippen LogP contribution is -2.35. The Bertz CT molecular complexity index is 572. The summed E-state index contributed by atoms with van der Waals surface area (Å²) in [7, 11) is -2.86. The molecule has 1 aromatic carbocycles. The molecule has 2 unspecified atom stereocenters. The fourth-order valence-electron chi connectivity index (χ4n) is 2.48. The van der Waals surface area contributed by atoms with Crippen LogP contribution in [-0.2, 0) is 14.6 Å². The number of hydrogen-bond acceptors (Lipinski definition) is 4. The highest BCUT2D eigenvalue weighted by Gasteiger charge is 2.27. The molecule has 1 fully saturated rings. The molecule has 21 heavy (non-hydrogen) atoms. The minimum atomic E-state index is -2.86. The second-order valence-electron chi connectivity index (χ2n) is 5.50. The first-order valence-corrected chi connectivity index (χ1v) is 9.06. The molecule has 6 heteroatoms. The number of rotatable bonds is 6. The zero-order chi connectivity index (χ0) is 15.3. The van der Waals surface area contributed by atoms with E-state index in [4.69, 9.17) is 0 Å². The molecule has 0 bridgehead atoms. The molecule has 116 valence electrons. The zero-order valence-electron chi connectivity index (χ0n) is 12.2. The summed E-state index contributed by atoms with van der Waals surface area (Å²) in [6.07, 6.45) is 0.998. The van der Waals surface area contributed by atoms with E-state index in [-0.39, 0.29) is 29.5 Å². The highest BCUT2D eigenvalue weighted by atomic mass is 32.2. The first-order chi connectivity index (χ1) is 9.96. The van der Waals surface area contributed by atoms with Crippen LogP contribution in [0.25, 0.3) is 0 Å². The number of amides is 1. The van der Waals surface area contributed by atoms with Crippen LogP contribution in [0.15, 0.2) is 30.3 Å². The SMILES string of the molecule is CC(NC(=O)CCNC1CCS(=O)(=O)C1)c1ccccc1. The molecule has 1 saturated heterocycles. The zero-order valence-corrected chi connectivity index (χ0v) is 13.0. The number of sulfone groups is 1. The van der Waals surface area contributed by atoms with Crippen LogP contribution in [0.5, 0.6) is 0 Å². The van der Waals surface area contributed by atoms with Crippen molar-refractivity contribution in [1.29, 1.82) is 0 Å². The normalized spacial score (nSPS) is 21.9. The molecule has 0 radical (unpaired) electrons. The van der Waals surface area contributed by atoms with Crippen molar-refractivity contribution in [2.24, 2.45) is 0 Å². The summed E-state index contributed by atoms with van der Waals surface area (Å²) in [5.74, 6) is 0.413. The van der Waals surface area contributed by atoms with E-state index in [1.807, 2.05) is 37.3 Å². The second kappa shape index (κ2) is 7.04. The van der Waals surface area contributed by atoms with Crippen molar-refractivity contribution < 1.29 is 13.2 Å². The molecule has 2 N–H and O–H groups in total. The Morgan fingerprint density at radius 2 is 2.05 bits per heavy atom. The summed E-state index contributed by atoms with van der Waals surface area (Å²) >= 11 is 0. The van der Waals surface area contributed by atoms with E-state index >= 15 is 0 Å². The molecular weight excluding hydrogens is 288 g/mol. The van der Waals surface area contributed by atoms with Crippen LogP contribution in [0.1, 0.15) is 31.4 Å². The molecular formula is C15H22N2O3S. The van der Waals surface area contributed by atoms with E-state index < -0.39 is 9.84 Å². The van der Waals surface area contributed by atoms with Gasteiger partial charge in [0.2, 0.25) is 5.91 Å². The van der Waals surface area contributed by atoms with Gasteiger partial charge in [-0.25, -0.2) is 8.42 Å². The maximum Gasteiger partial charge on any atom is 0.221 e. The lowest BCUT2D eigenvalue weighted by Gasteiger charge is -2.15. The van der Waals surface area contributed by atoms with E-state index in [1.54, 1.807) is 0 Å². The molecule has 1 aliphatic rings. The monoisotopic (exact) mass is 310 g/mol. The lowest BCUT2D eigenvalue weighted by atomic mass is 10.1. The van der Waals surface area contributed by atoms with Gasteiger partial charge in [-0.1, -0.05) is 30.3 Å². The van der Waals surface area contributed by atoms with Crippen LogP contribution >= 0.6 is 0 Å². The van der Waals surface area contributed by atoms with Gasteiger partial charge in [0.05, 0.1) is 17.5 Å². The highest BCUT2D eigenvalue weighted by Crippen LogP contribution is 2.12. The minimum Gasteiger partial charge on any atom is -0.350 e. The van der Waals surface area contributed by atoms with Crippen molar-refractivity contribution in [3.05, 3.63) is 35.9 Å². The summed E-state index contributed by atoms with van der Waals surface area (Å²) in [6.45, 7) is 2.46. The topological polar surface area (TPSA) is 75.3 Å². The van der Waals surface area contributed by atoms with Crippen LogP contribution in [0.4, 0.5) is 0 Å². The Morgan fingerprint density at radius 1 is 1.33 bits per heavy atom. The van der Waals surface area contributed by atoms with Gasteiger partial charge < -0.3 is 10.6 Å². The number of benzene rings is 1. The summed E-state index contributed by atoms with van der Waals surface area (Å²) in [5, 5.41) is 6.08. The van der Waals surface area contributed by atoms with Gasteiger partial charge in [-0.2, -0.15) is 0 Å². The van der Waals surface area contributed by atoms with Crippen LogP contribution < -0.4 is 10.6 Å². The summed E-state index contributed by atoms with van der Waals surface area (Å²) < 4.78 is 22.6. The molecule has 0 aromatic heterocycles. The van der Waals surface area contributed by atoms with Gasteiger partial charge in [0.1, 0.15) is 0 Å². The lowest BCUT2D eigenvalue weighted by molar-refractivity contribution is -0.121. The van der Waals surface area contributed by atoms with Crippen molar-refractivity contribution in [3.63, 3.8) is 0 Å². The number of hydrogen-bond donors (Lipinski definition) is 2. The van der Waals surface area contributed by atoms with Crippen LogP contribution in [0.3, 0.4) is 0 Å². The van der Waals surface area contributed by atoms with Gasteiger partial charge in [-0.15, -0.1) is 0 Å². The van der Waals surface area contributed by atoms with E-state index in [1.165, 1.54) is 0 Å². The van der Waals surface area contributed by atoms with E-state index in [0.717, 1.165) is 5.56 Å². The van der Waals surface area contributed by atoms with Crippen molar-refractivity contribution in [1.82, 2.24) is 10.6 Å². The molecule has 1 aliphatic heterocycles. The largest absolute Gasteiger partial charge is 0.350 e. The van der Waals surface area contributed by atoms with Gasteiger partial charge in [0.15, 0.2) is 9.84 Å². The quantitative estimate of drug-likeness (QED) is 0.823. The van der Waals surface area contributed by atoms with Gasteiger partial charge in [0.25, 0.3) is 0 Å². The Morgan fingerprint density at radius 3 is 2.67 bits per heavy atom. The van der Waals surface area contributed by atoms with Gasteiger partial charge in [-0.3, -0.25) is 4.79 Å². The fraction of sp³-hybridized carbons (Fsp3) is 0.533. The average Bonchev–Trinajstić information content (AvgIpc) is 2.79. The van der Waals surface area contributed by atoms with Crippen molar-refractivity contribution >= 4 is 15.7 Å². The summed E-state index contributed by atoms with van der Waals surface area (Å²) in [5.41, 5.74) is 1.07. The van der Waals surface area contributed by atoms with Crippen molar-refractivity contribution in [2.75, 3.05) is 18.1 Å². The maximum absolute atomic E-state index is 11.9. The molecule has 0 spiro atoms. The maximum atomic E-state index is 11.9. The molecule has 2 atom stereocenters. The van der Waals surface area contributed by atoms with Crippen LogP contribution in [-0.4, -0.2) is 38.4 Å². The third-order valence-corrected chi connectivity index (χ3v) is 5.46.